The molecule has 0 atom stereocenters. The zero-order valence-electron chi connectivity index (χ0n) is 9.82. The van der Waals surface area contributed by atoms with Gasteiger partial charge in [0.2, 0.25) is 0 Å². The topological polar surface area (TPSA) is 0 Å². The summed E-state index contributed by atoms with van der Waals surface area (Å²) in [5, 5.41) is 0. The standard InChI is InChI=1S/C14H10F4/c1-7-5-3-4-6-9(7)10-13(17)11(15)8(2)12(16)14(10)18/h3-6H,1-2H3. The Kier molecular flexibility index (Phi) is 3.11. The predicted octanol–water partition coefficient (Wildman–Crippen LogP) is 4.53. The van der Waals surface area contributed by atoms with Crippen LogP contribution in [0.5, 0.6) is 0 Å². The van der Waals surface area contributed by atoms with Gasteiger partial charge in [-0.3, -0.25) is 0 Å². The monoisotopic (exact) mass is 254 g/mol. The van der Waals surface area contributed by atoms with Gasteiger partial charge < -0.3 is 0 Å². The molecule has 0 saturated carbocycles. The molecule has 0 saturated heterocycles. The zero-order valence-corrected chi connectivity index (χ0v) is 9.82. The van der Waals surface area contributed by atoms with Gasteiger partial charge in [-0.05, 0) is 25.0 Å². The molecule has 0 aliphatic heterocycles. The van der Waals surface area contributed by atoms with Crippen molar-refractivity contribution in [2.75, 3.05) is 0 Å². The molecule has 0 heterocycles. The highest BCUT2D eigenvalue weighted by atomic mass is 19.2. The SMILES string of the molecule is Cc1ccccc1-c1c(F)c(F)c(C)c(F)c1F. The molecule has 0 unspecified atom stereocenters. The number of halogens is 4. The van der Waals surface area contributed by atoms with Gasteiger partial charge in [0.15, 0.2) is 23.3 Å². The highest BCUT2D eigenvalue weighted by molar-refractivity contribution is 5.69. The lowest BCUT2D eigenvalue weighted by atomic mass is 9.97. The molecule has 94 valence electrons. The molecule has 0 nitrogen and oxygen atoms in total. The zero-order chi connectivity index (χ0) is 13.4. The van der Waals surface area contributed by atoms with E-state index in [4.69, 9.17) is 0 Å². The maximum atomic E-state index is 13.8. The van der Waals surface area contributed by atoms with Crippen LogP contribution in [0.3, 0.4) is 0 Å². The van der Waals surface area contributed by atoms with Crippen LogP contribution in [0, 0.1) is 37.1 Å². The molecule has 0 fully saturated rings. The van der Waals surface area contributed by atoms with Gasteiger partial charge in [-0.25, -0.2) is 17.6 Å². The third-order valence-electron chi connectivity index (χ3n) is 2.90. The number of aryl methyl sites for hydroxylation is 1. The molecule has 0 bridgehead atoms. The van der Waals surface area contributed by atoms with Crippen LogP contribution in [-0.2, 0) is 0 Å². The van der Waals surface area contributed by atoms with Gasteiger partial charge in [0.05, 0.1) is 5.56 Å². The maximum Gasteiger partial charge on any atom is 0.170 e. The fraction of sp³-hybridized carbons (Fsp3) is 0.143. The van der Waals surface area contributed by atoms with E-state index in [2.05, 4.69) is 0 Å². The van der Waals surface area contributed by atoms with Crippen molar-refractivity contribution in [2.45, 2.75) is 13.8 Å². The minimum atomic E-state index is -1.36. The first-order valence-corrected chi connectivity index (χ1v) is 5.33. The van der Waals surface area contributed by atoms with Crippen molar-refractivity contribution >= 4 is 0 Å². The van der Waals surface area contributed by atoms with Crippen molar-refractivity contribution in [2.24, 2.45) is 0 Å². The van der Waals surface area contributed by atoms with E-state index in [0.29, 0.717) is 5.56 Å². The van der Waals surface area contributed by atoms with Gasteiger partial charge in [-0.15, -0.1) is 0 Å². The number of rotatable bonds is 1. The summed E-state index contributed by atoms with van der Waals surface area (Å²) >= 11 is 0. The third-order valence-corrected chi connectivity index (χ3v) is 2.90. The van der Waals surface area contributed by atoms with Crippen LogP contribution in [-0.4, -0.2) is 0 Å². The molecule has 0 aliphatic rings. The fourth-order valence-corrected chi connectivity index (χ4v) is 1.83. The first kappa shape index (κ1) is 12.6. The van der Waals surface area contributed by atoms with Crippen LogP contribution < -0.4 is 0 Å². The molecular weight excluding hydrogens is 244 g/mol. The highest BCUT2D eigenvalue weighted by Crippen LogP contribution is 2.33. The van der Waals surface area contributed by atoms with Gasteiger partial charge in [-0.1, -0.05) is 24.3 Å². The van der Waals surface area contributed by atoms with E-state index in [0.717, 1.165) is 6.92 Å². The van der Waals surface area contributed by atoms with E-state index in [9.17, 15) is 17.6 Å². The summed E-state index contributed by atoms with van der Waals surface area (Å²) in [6.07, 6.45) is 0. The lowest BCUT2D eigenvalue weighted by molar-refractivity contribution is 0.449. The smallest absolute Gasteiger partial charge is 0.170 e. The van der Waals surface area contributed by atoms with E-state index >= 15 is 0 Å². The molecule has 0 amide bonds. The fourth-order valence-electron chi connectivity index (χ4n) is 1.83. The van der Waals surface area contributed by atoms with E-state index in [1.165, 1.54) is 6.07 Å². The average molecular weight is 254 g/mol. The van der Waals surface area contributed by atoms with Crippen LogP contribution in [0.15, 0.2) is 24.3 Å². The van der Waals surface area contributed by atoms with Crippen molar-refractivity contribution < 1.29 is 17.6 Å². The van der Waals surface area contributed by atoms with Gasteiger partial charge in [-0.2, -0.15) is 0 Å². The molecule has 0 spiro atoms. The second-order valence-electron chi connectivity index (χ2n) is 4.07. The van der Waals surface area contributed by atoms with Crippen LogP contribution in [0.2, 0.25) is 0 Å². The normalized spacial score (nSPS) is 10.8. The first-order chi connectivity index (χ1) is 8.45. The van der Waals surface area contributed by atoms with Crippen molar-refractivity contribution in [1.29, 1.82) is 0 Å². The van der Waals surface area contributed by atoms with Gasteiger partial charge in [0.25, 0.3) is 0 Å². The Bertz CT molecular complexity index is 588. The minimum absolute atomic E-state index is 0.144. The molecule has 4 heteroatoms. The molecule has 2 aromatic carbocycles. The Morgan fingerprint density at radius 2 is 1.22 bits per heavy atom. The Hall–Kier alpha value is -1.84. The molecule has 2 rings (SSSR count). The average Bonchev–Trinajstić information content (AvgIpc) is 2.36. The summed E-state index contributed by atoms with van der Waals surface area (Å²) in [5.41, 5.74) is -0.626. The summed E-state index contributed by atoms with van der Waals surface area (Å²) in [5.74, 6) is -5.43. The molecule has 0 aromatic heterocycles. The quantitative estimate of drug-likeness (QED) is 0.518. The molecule has 0 aliphatic carbocycles. The summed E-state index contributed by atoms with van der Waals surface area (Å²) in [6, 6.07) is 6.27. The van der Waals surface area contributed by atoms with Crippen molar-refractivity contribution in [3.8, 4) is 11.1 Å². The summed E-state index contributed by atoms with van der Waals surface area (Å²) in [4.78, 5) is 0. The lowest BCUT2D eigenvalue weighted by Crippen LogP contribution is -2.03. The number of hydrogen-bond acceptors (Lipinski definition) is 0. The summed E-state index contributed by atoms with van der Waals surface area (Å²) < 4.78 is 54.5. The molecule has 0 N–H and O–H groups in total. The van der Waals surface area contributed by atoms with Crippen LogP contribution in [0.4, 0.5) is 17.6 Å². The predicted molar refractivity (Wildman–Crippen MR) is 61.2 cm³/mol. The molecule has 2 aromatic rings. The maximum absolute atomic E-state index is 13.8. The van der Waals surface area contributed by atoms with E-state index in [1.54, 1.807) is 25.1 Å². The van der Waals surface area contributed by atoms with Crippen LogP contribution in [0.1, 0.15) is 11.1 Å². The van der Waals surface area contributed by atoms with Gasteiger partial charge in [0, 0.05) is 5.56 Å². The van der Waals surface area contributed by atoms with E-state index in [1.807, 2.05) is 0 Å². The summed E-state index contributed by atoms with van der Waals surface area (Å²) in [6.45, 7) is 2.61. The minimum Gasteiger partial charge on any atom is -0.203 e. The van der Waals surface area contributed by atoms with Crippen LogP contribution >= 0.6 is 0 Å². The van der Waals surface area contributed by atoms with Gasteiger partial charge >= 0.3 is 0 Å². The molecule has 0 radical (unpaired) electrons. The van der Waals surface area contributed by atoms with E-state index in [-0.39, 0.29) is 5.56 Å². The largest absolute Gasteiger partial charge is 0.203 e. The van der Waals surface area contributed by atoms with Crippen molar-refractivity contribution in [1.82, 2.24) is 0 Å². The van der Waals surface area contributed by atoms with Gasteiger partial charge in [0.1, 0.15) is 0 Å². The number of hydrogen-bond donors (Lipinski definition) is 0. The Balaban J connectivity index is 2.85. The first-order valence-electron chi connectivity index (χ1n) is 5.33. The van der Waals surface area contributed by atoms with Crippen molar-refractivity contribution in [3.05, 3.63) is 58.7 Å². The molecular formula is C14H10F4. The Labute approximate surface area is 102 Å². The second-order valence-corrected chi connectivity index (χ2v) is 4.07. The Morgan fingerprint density at radius 3 is 1.72 bits per heavy atom. The highest BCUT2D eigenvalue weighted by Gasteiger charge is 2.24. The summed E-state index contributed by atoms with van der Waals surface area (Å²) in [7, 11) is 0. The number of benzene rings is 2. The second kappa shape index (κ2) is 4.44. The Morgan fingerprint density at radius 1 is 0.722 bits per heavy atom. The lowest BCUT2D eigenvalue weighted by Gasteiger charge is -2.11. The molecule has 18 heavy (non-hydrogen) atoms. The van der Waals surface area contributed by atoms with Crippen molar-refractivity contribution in [3.63, 3.8) is 0 Å². The van der Waals surface area contributed by atoms with E-state index < -0.39 is 34.4 Å². The van der Waals surface area contributed by atoms with Crippen LogP contribution in [0.25, 0.3) is 11.1 Å². The third kappa shape index (κ3) is 1.78.